The van der Waals surface area contributed by atoms with Crippen molar-refractivity contribution in [3.05, 3.63) is 58.7 Å². The summed E-state index contributed by atoms with van der Waals surface area (Å²) in [6, 6.07) is 6.94. The topological polar surface area (TPSA) is 0 Å². The summed E-state index contributed by atoms with van der Waals surface area (Å²) in [5.41, 5.74) is 6.02. The number of hydrogen-bond acceptors (Lipinski definition) is 0. The van der Waals surface area contributed by atoms with Gasteiger partial charge < -0.3 is 0 Å². The maximum absolute atomic E-state index is 2.38. The van der Waals surface area contributed by atoms with E-state index >= 15 is 0 Å². The van der Waals surface area contributed by atoms with Crippen LogP contribution in [-0.4, -0.2) is 0 Å². The van der Waals surface area contributed by atoms with Gasteiger partial charge in [0.15, 0.2) is 0 Å². The average molecular weight is 226 g/mol. The number of allylic oxidation sites excluding steroid dienone is 4. The largest absolute Gasteiger partial charge is 0.0842 e. The molecular formula is C17H22. The second kappa shape index (κ2) is 5.86. The van der Waals surface area contributed by atoms with Gasteiger partial charge in [-0.1, -0.05) is 48.9 Å². The second-order valence-electron chi connectivity index (χ2n) is 4.91. The quantitative estimate of drug-likeness (QED) is 0.694. The second-order valence-corrected chi connectivity index (χ2v) is 4.91. The maximum atomic E-state index is 2.38. The van der Waals surface area contributed by atoms with Crippen molar-refractivity contribution in [3.8, 4) is 0 Å². The Morgan fingerprint density at radius 2 is 2.06 bits per heavy atom. The molecule has 0 N–H and O–H groups in total. The minimum absolute atomic E-state index is 1.14. The molecule has 0 nitrogen and oxygen atoms in total. The molecule has 17 heavy (non-hydrogen) atoms. The third-order valence-electron chi connectivity index (χ3n) is 3.63. The van der Waals surface area contributed by atoms with Crippen molar-refractivity contribution >= 4 is 0 Å². The number of aryl methyl sites for hydroxylation is 3. The van der Waals surface area contributed by atoms with Crippen LogP contribution in [0.5, 0.6) is 0 Å². The van der Waals surface area contributed by atoms with Crippen molar-refractivity contribution in [1.82, 2.24) is 0 Å². The molecule has 0 fully saturated rings. The van der Waals surface area contributed by atoms with Crippen molar-refractivity contribution in [2.24, 2.45) is 0 Å². The first-order chi connectivity index (χ1) is 8.29. The standard InChI is InChI=1S/C17H22/c1-3-17-13-16(10-9-14(17)2)12-11-15-7-5-4-6-8-15/h4-5,7,9-10,13H,3,6,8,11-12H2,1-2H3. The summed E-state index contributed by atoms with van der Waals surface area (Å²) >= 11 is 0. The van der Waals surface area contributed by atoms with Gasteiger partial charge in [-0.05, 0) is 55.7 Å². The van der Waals surface area contributed by atoms with E-state index in [1.54, 1.807) is 5.57 Å². The Labute approximate surface area is 105 Å². The summed E-state index contributed by atoms with van der Waals surface area (Å²) in [5, 5.41) is 0. The van der Waals surface area contributed by atoms with Gasteiger partial charge in [0.2, 0.25) is 0 Å². The van der Waals surface area contributed by atoms with Crippen LogP contribution < -0.4 is 0 Å². The summed E-state index contributed by atoms with van der Waals surface area (Å²) < 4.78 is 0. The average Bonchev–Trinajstić information content (AvgIpc) is 2.39. The molecule has 0 bridgehead atoms. The molecule has 1 aromatic carbocycles. The molecule has 0 unspecified atom stereocenters. The molecule has 1 aromatic rings. The molecule has 1 aliphatic rings. The zero-order valence-corrected chi connectivity index (χ0v) is 11.0. The highest BCUT2D eigenvalue weighted by Crippen LogP contribution is 2.19. The highest BCUT2D eigenvalue weighted by atomic mass is 14.1. The fraction of sp³-hybridized carbons (Fsp3) is 0.412. The molecule has 0 spiro atoms. The van der Waals surface area contributed by atoms with Crippen molar-refractivity contribution in [3.63, 3.8) is 0 Å². The van der Waals surface area contributed by atoms with Gasteiger partial charge in [-0.2, -0.15) is 0 Å². The predicted molar refractivity (Wildman–Crippen MR) is 75.3 cm³/mol. The lowest BCUT2D eigenvalue weighted by Crippen LogP contribution is -1.94. The molecule has 0 heteroatoms. The van der Waals surface area contributed by atoms with Crippen LogP contribution in [0.25, 0.3) is 0 Å². The van der Waals surface area contributed by atoms with Crippen molar-refractivity contribution in [1.29, 1.82) is 0 Å². The molecule has 2 rings (SSSR count). The summed E-state index contributed by atoms with van der Waals surface area (Å²) in [7, 11) is 0. The third-order valence-corrected chi connectivity index (χ3v) is 3.63. The molecule has 0 aliphatic heterocycles. The van der Waals surface area contributed by atoms with Crippen LogP contribution in [0.2, 0.25) is 0 Å². The van der Waals surface area contributed by atoms with E-state index in [0.717, 1.165) is 6.42 Å². The molecule has 0 saturated carbocycles. The normalized spacial score (nSPS) is 14.8. The lowest BCUT2D eigenvalue weighted by atomic mass is 9.95. The highest BCUT2D eigenvalue weighted by Gasteiger charge is 2.02. The van der Waals surface area contributed by atoms with Crippen molar-refractivity contribution in [2.45, 2.75) is 46.0 Å². The fourth-order valence-corrected chi connectivity index (χ4v) is 2.43. The van der Waals surface area contributed by atoms with Crippen LogP contribution in [0.4, 0.5) is 0 Å². The Hall–Kier alpha value is -1.30. The lowest BCUT2D eigenvalue weighted by molar-refractivity contribution is 0.838. The Balaban J connectivity index is 1.99. The minimum Gasteiger partial charge on any atom is -0.0842 e. The van der Waals surface area contributed by atoms with Gasteiger partial charge in [0, 0.05) is 0 Å². The molecule has 1 aliphatic carbocycles. The van der Waals surface area contributed by atoms with Crippen LogP contribution in [0.15, 0.2) is 42.0 Å². The van der Waals surface area contributed by atoms with Crippen LogP contribution in [0, 0.1) is 6.92 Å². The molecule has 90 valence electrons. The first kappa shape index (κ1) is 12.2. The van der Waals surface area contributed by atoms with E-state index in [1.165, 1.54) is 42.4 Å². The molecular weight excluding hydrogens is 204 g/mol. The zero-order chi connectivity index (χ0) is 12.1. The molecule has 0 aromatic heterocycles. The van der Waals surface area contributed by atoms with Gasteiger partial charge in [-0.25, -0.2) is 0 Å². The molecule has 0 heterocycles. The Kier molecular flexibility index (Phi) is 4.19. The first-order valence-electron chi connectivity index (χ1n) is 6.72. The summed E-state index contributed by atoms with van der Waals surface area (Å²) in [6.07, 6.45) is 12.8. The summed E-state index contributed by atoms with van der Waals surface area (Å²) in [5.74, 6) is 0. The fourth-order valence-electron chi connectivity index (χ4n) is 2.43. The van der Waals surface area contributed by atoms with E-state index in [2.05, 4.69) is 50.3 Å². The van der Waals surface area contributed by atoms with Crippen LogP contribution >= 0.6 is 0 Å². The van der Waals surface area contributed by atoms with Crippen molar-refractivity contribution < 1.29 is 0 Å². The van der Waals surface area contributed by atoms with Gasteiger partial charge in [-0.3, -0.25) is 0 Å². The molecule has 0 atom stereocenters. The SMILES string of the molecule is CCc1cc(CCC2=CC=CCC2)ccc1C. The minimum atomic E-state index is 1.14. The van der Waals surface area contributed by atoms with Crippen LogP contribution in [-0.2, 0) is 12.8 Å². The van der Waals surface area contributed by atoms with E-state index in [0.29, 0.717) is 0 Å². The van der Waals surface area contributed by atoms with E-state index in [-0.39, 0.29) is 0 Å². The number of rotatable bonds is 4. The van der Waals surface area contributed by atoms with Crippen LogP contribution in [0.3, 0.4) is 0 Å². The smallest absolute Gasteiger partial charge is 0.0241 e. The van der Waals surface area contributed by atoms with Crippen molar-refractivity contribution in [2.75, 3.05) is 0 Å². The molecule has 0 saturated heterocycles. The zero-order valence-electron chi connectivity index (χ0n) is 11.0. The Morgan fingerprint density at radius 1 is 1.18 bits per heavy atom. The maximum Gasteiger partial charge on any atom is -0.0241 e. The monoisotopic (exact) mass is 226 g/mol. The summed E-state index contributed by atoms with van der Waals surface area (Å²) in [6.45, 7) is 4.44. The molecule has 0 amide bonds. The first-order valence-corrected chi connectivity index (χ1v) is 6.72. The Morgan fingerprint density at radius 3 is 2.76 bits per heavy atom. The van der Waals surface area contributed by atoms with E-state index in [4.69, 9.17) is 0 Å². The third kappa shape index (κ3) is 3.33. The highest BCUT2D eigenvalue weighted by molar-refractivity contribution is 5.31. The van der Waals surface area contributed by atoms with Gasteiger partial charge >= 0.3 is 0 Å². The predicted octanol–water partition coefficient (Wildman–Crippen LogP) is 4.77. The summed E-state index contributed by atoms with van der Waals surface area (Å²) in [4.78, 5) is 0. The van der Waals surface area contributed by atoms with E-state index < -0.39 is 0 Å². The van der Waals surface area contributed by atoms with Crippen LogP contribution in [0.1, 0.15) is 42.9 Å². The molecule has 0 radical (unpaired) electrons. The van der Waals surface area contributed by atoms with Gasteiger partial charge in [0.05, 0.1) is 0 Å². The van der Waals surface area contributed by atoms with Gasteiger partial charge in [-0.15, -0.1) is 0 Å². The number of hydrogen-bond donors (Lipinski definition) is 0. The Bertz CT molecular complexity index is 435. The lowest BCUT2D eigenvalue weighted by Gasteiger charge is -2.10. The van der Waals surface area contributed by atoms with Gasteiger partial charge in [0.25, 0.3) is 0 Å². The van der Waals surface area contributed by atoms with Gasteiger partial charge in [0.1, 0.15) is 0 Å². The van der Waals surface area contributed by atoms with E-state index in [1.807, 2.05) is 0 Å². The van der Waals surface area contributed by atoms with E-state index in [9.17, 15) is 0 Å². The number of benzene rings is 1.